The van der Waals surface area contributed by atoms with E-state index in [0.717, 1.165) is 11.5 Å². The minimum atomic E-state index is -0.327. The molecule has 0 radical (unpaired) electrons. The standard InChI is InChI=1S/C18H18N4O2/c1-2-24-17(23)14-8-10-15(11-9-14)19-18-20-16(21-22-18)12-13-6-4-3-5-7-13/h3-11H,2,12H2,1H3,(H2,19,20,21,22). The average molecular weight is 322 g/mol. The summed E-state index contributed by atoms with van der Waals surface area (Å²) in [5.74, 6) is 0.948. The average Bonchev–Trinajstić information content (AvgIpc) is 3.03. The van der Waals surface area contributed by atoms with Crippen LogP contribution in [0.2, 0.25) is 0 Å². The number of hydrogen-bond donors (Lipinski definition) is 2. The molecule has 0 amide bonds. The van der Waals surface area contributed by atoms with Crippen LogP contribution in [0.25, 0.3) is 0 Å². The molecule has 0 saturated heterocycles. The lowest BCUT2D eigenvalue weighted by Crippen LogP contribution is -2.04. The second kappa shape index (κ2) is 7.41. The van der Waals surface area contributed by atoms with Gasteiger partial charge in [0, 0.05) is 12.1 Å². The summed E-state index contributed by atoms with van der Waals surface area (Å²) in [5, 5.41) is 10.2. The molecule has 3 rings (SSSR count). The molecule has 1 heterocycles. The molecular weight excluding hydrogens is 304 g/mol. The number of hydrogen-bond acceptors (Lipinski definition) is 5. The lowest BCUT2D eigenvalue weighted by atomic mass is 10.1. The third kappa shape index (κ3) is 3.98. The number of nitrogens with zero attached hydrogens (tertiary/aromatic N) is 2. The number of H-pyrrole nitrogens is 1. The zero-order chi connectivity index (χ0) is 16.8. The van der Waals surface area contributed by atoms with Gasteiger partial charge in [-0.05, 0) is 36.8 Å². The smallest absolute Gasteiger partial charge is 0.338 e. The lowest BCUT2D eigenvalue weighted by molar-refractivity contribution is 0.0526. The number of esters is 1. The zero-order valence-electron chi connectivity index (χ0n) is 13.3. The normalized spacial score (nSPS) is 10.4. The maximum absolute atomic E-state index is 11.6. The van der Waals surface area contributed by atoms with E-state index in [0.29, 0.717) is 24.5 Å². The van der Waals surface area contributed by atoms with Gasteiger partial charge in [-0.1, -0.05) is 30.3 Å². The molecule has 24 heavy (non-hydrogen) atoms. The van der Waals surface area contributed by atoms with Crippen molar-refractivity contribution in [1.82, 2.24) is 15.2 Å². The molecule has 0 atom stereocenters. The van der Waals surface area contributed by atoms with Crippen LogP contribution in [0.4, 0.5) is 11.6 Å². The van der Waals surface area contributed by atoms with Gasteiger partial charge in [-0.25, -0.2) is 4.79 Å². The van der Waals surface area contributed by atoms with E-state index in [4.69, 9.17) is 4.74 Å². The molecule has 0 saturated carbocycles. The predicted octanol–water partition coefficient (Wildman–Crippen LogP) is 3.32. The summed E-state index contributed by atoms with van der Waals surface area (Å²) in [7, 11) is 0. The van der Waals surface area contributed by atoms with Crippen molar-refractivity contribution in [2.45, 2.75) is 13.3 Å². The molecule has 1 aromatic heterocycles. The van der Waals surface area contributed by atoms with Crippen molar-refractivity contribution in [2.75, 3.05) is 11.9 Å². The summed E-state index contributed by atoms with van der Waals surface area (Å²) in [6.07, 6.45) is 0.692. The largest absolute Gasteiger partial charge is 0.462 e. The van der Waals surface area contributed by atoms with Crippen molar-refractivity contribution in [2.24, 2.45) is 0 Å². The highest BCUT2D eigenvalue weighted by Crippen LogP contribution is 2.15. The number of carbonyl (C=O) groups excluding carboxylic acids is 1. The third-order valence-corrected chi connectivity index (χ3v) is 3.40. The molecule has 2 N–H and O–H groups in total. The van der Waals surface area contributed by atoms with E-state index in [1.165, 1.54) is 5.56 Å². The van der Waals surface area contributed by atoms with Crippen molar-refractivity contribution in [1.29, 1.82) is 0 Å². The molecule has 2 aromatic carbocycles. The molecule has 122 valence electrons. The van der Waals surface area contributed by atoms with Crippen LogP contribution in [0.5, 0.6) is 0 Å². The number of ether oxygens (including phenoxy) is 1. The van der Waals surface area contributed by atoms with Crippen molar-refractivity contribution in [3.05, 3.63) is 71.5 Å². The molecule has 0 unspecified atom stereocenters. The molecule has 0 fully saturated rings. The van der Waals surface area contributed by atoms with Crippen molar-refractivity contribution < 1.29 is 9.53 Å². The summed E-state index contributed by atoms with van der Waals surface area (Å²) in [4.78, 5) is 16.0. The van der Waals surface area contributed by atoms with Gasteiger partial charge in [0.2, 0.25) is 5.95 Å². The van der Waals surface area contributed by atoms with E-state index >= 15 is 0 Å². The van der Waals surface area contributed by atoms with E-state index in [1.807, 2.05) is 30.3 Å². The van der Waals surface area contributed by atoms with Crippen LogP contribution < -0.4 is 5.32 Å². The molecule has 6 heteroatoms. The van der Waals surface area contributed by atoms with Gasteiger partial charge in [0.05, 0.1) is 12.2 Å². The van der Waals surface area contributed by atoms with E-state index in [1.54, 1.807) is 31.2 Å². The zero-order valence-corrected chi connectivity index (χ0v) is 13.3. The Morgan fingerprint density at radius 2 is 1.88 bits per heavy atom. The quantitative estimate of drug-likeness (QED) is 0.681. The predicted molar refractivity (Wildman–Crippen MR) is 91.3 cm³/mol. The first kappa shape index (κ1) is 15.7. The Labute approximate surface area is 139 Å². The number of carbonyl (C=O) groups is 1. The van der Waals surface area contributed by atoms with E-state index in [-0.39, 0.29) is 5.97 Å². The molecule has 0 aliphatic rings. The lowest BCUT2D eigenvalue weighted by Gasteiger charge is -2.04. The Morgan fingerprint density at radius 1 is 1.12 bits per heavy atom. The fourth-order valence-corrected chi connectivity index (χ4v) is 2.25. The molecule has 0 spiro atoms. The minimum absolute atomic E-state index is 0.327. The van der Waals surface area contributed by atoms with Crippen molar-refractivity contribution >= 4 is 17.6 Å². The first-order valence-electron chi connectivity index (χ1n) is 7.74. The van der Waals surface area contributed by atoms with Gasteiger partial charge >= 0.3 is 5.97 Å². The Kier molecular flexibility index (Phi) is 4.86. The van der Waals surface area contributed by atoms with Crippen molar-refractivity contribution in [3.8, 4) is 0 Å². The van der Waals surface area contributed by atoms with Crippen LogP contribution in [0.15, 0.2) is 54.6 Å². The third-order valence-electron chi connectivity index (χ3n) is 3.40. The van der Waals surface area contributed by atoms with Gasteiger partial charge < -0.3 is 10.1 Å². The van der Waals surface area contributed by atoms with Crippen LogP contribution in [0.3, 0.4) is 0 Å². The highest BCUT2D eigenvalue weighted by molar-refractivity contribution is 5.89. The van der Waals surface area contributed by atoms with Gasteiger partial charge in [0.1, 0.15) is 5.82 Å². The first-order valence-corrected chi connectivity index (χ1v) is 7.74. The van der Waals surface area contributed by atoms with Gasteiger partial charge in [-0.2, -0.15) is 4.98 Å². The Balaban J connectivity index is 1.63. The van der Waals surface area contributed by atoms with Crippen LogP contribution in [0.1, 0.15) is 28.7 Å². The summed E-state index contributed by atoms with van der Waals surface area (Å²) in [6.45, 7) is 2.14. The Morgan fingerprint density at radius 3 is 2.58 bits per heavy atom. The number of aromatic nitrogens is 3. The van der Waals surface area contributed by atoms with Crippen LogP contribution in [-0.2, 0) is 11.2 Å². The molecular formula is C18H18N4O2. The molecule has 0 bridgehead atoms. The van der Waals surface area contributed by atoms with Gasteiger partial charge in [0.25, 0.3) is 0 Å². The van der Waals surface area contributed by atoms with Gasteiger partial charge in [-0.15, -0.1) is 5.10 Å². The molecule has 6 nitrogen and oxygen atoms in total. The summed E-state index contributed by atoms with van der Waals surface area (Å²) >= 11 is 0. The number of rotatable bonds is 6. The number of anilines is 2. The maximum Gasteiger partial charge on any atom is 0.338 e. The van der Waals surface area contributed by atoms with Crippen LogP contribution in [-0.4, -0.2) is 27.8 Å². The van der Waals surface area contributed by atoms with Crippen LogP contribution in [0, 0.1) is 0 Å². The summed E-state index contributed by atoms with van der Waals surface area (Å²) < 4.78 is 4.96. The van der Waals surface area contributed by atoms with Gasteiger partial charge in [-0.3, -0.25) is 5.10 Å². The number of benzene rings is 2. The fourth-order valence-electron chi connectivity index (χ4n) is 2.25. The number of aromatic amines is 1. The highest BCUT2D eigenvalue weighted by Gasteiger charge is 2.07. The second-order valence-corrected chi connectivity index (χ2v) is 5.19. The topological polar surface area (TPSA) is 79.9 Å². The second-order valence-electron chi connectivity index (χ2n) is 5.19. The fraction of sp³-hybridized carbons (Fsp3) is 0.167. The van der Waals surface area contributed by atoms with Gasteiger partial charge in [0.15, 0.2) is 0 Å². The monoisotopic (exact) mass is 322 g/mol. The molecule has 0 aliphatic carbocycles. The minimum Gasteiger partial charge on any atom is -0.462 e. The van der Waals surface area contributed by atoms with E-state index < -0.39 is 0 Å². The number of nitrogens with one attached hydrogen (secondary N) is 2. The highest BCUT2D eigenvalue weighted by atomic mass is 16.5. The molecule has 0 aliphatic heterocycles. The van der Waals surface area contributed by atoms with Crippen LogP contribution >= 0.6 is 0 Å². The van der Waals surface area contributed by atoms with E-state index in [9.17, 15) is 4.79 Å². The molecule has 3 aromatic rings. The summed E-state index contributed by atoms with van der Waals surface area (Å²) in [5.41, 5.74) is 2.48. The van der Waals surface area contributed by atoms with Crippen molar-refractivity contribution in [3.63, 3.8) is 0 Å². The first-order chi connectivity index (χ1) is 11.7. The SMILES string of the molecule is CCOC(=O)c1ccc(Nc2n[nH]c(Cc3ccccc3)n2)cc1. The maximum atomic E-state index is 11.6. The van der Waals surface area contributed by atoms with E-state index in [2.05, 4.69) is 20.5 Å². The summed E-state index contributed by atoms with van der Waals surface area (Å²) in [6, 6.07) is 17.1. The Bertz CT molecular complexity index is 797. The Hall–Kier alpha value is -3.15.